The zero-order chi connectivity index (χ0) is 12.6. The molecule has 2 aromatic heterocycles. The smallest absolute Gasteiger partial charge is 0.0271 e. The van der Waals surface area contributed by atoms with E-state index in [1.54, 1.807) is 0 Å². The van der Waals surface area contributed by atoms with E-state index in [0.29, 0.717) is 6.54 Å². The lowest BCUT2D eigenvalue weighted by atomic mass is 10.2. The molecule has 0 amide bonds. The first-order valence-corrected chi connectivity index (χ1v) is 6.08. The van der Waals surface area contributed by atoms with Crippen molar-refractivity contribution >= 4 is 0 Å². The number of pyridine rings is 2. The zero-order valence-electron chi connectivity index (χ0n) is 10.4. The van der Waals surface area contributed by atoms with Crippen LogP contribution < -0.4 is 5.73 Å². The standard InChI is InChI=1S/C14H18N4/c15-5-10-18(11-13-1-6-16-7-2-13)12-14-3-8-17-9-4-14/h1-4,6-9H,5,10-12,15H2. The second-order valence-corrected chi connectivity index (χ2v) is 4.21. The number of aromatic nitrogens is 2. The molecule has 0 atom stereocenters. The van der Waals surface area contributed by atoms with Gasteiger partial charge in [-0.2, -0.15) is 0 Å². The molecule has 0 saturated heterocycles. The van der Waals surface area contributed by atoms with Crippen LogP contribution in [-0.2, 0) is 13.1 Å². The van der Waals surface area contributed by atoms with Crippen LogP contribution in [0.3, 0.4) is 0 Å². The molecule has 0 unspecified atom stereocenters. The zero-order valence-corrected chi connectivity index (χ0v) is 10.4. The summed E-state index contributed by atoms with van der Waals surface area (Å²) in [5.74, 6) is 0. The van der Waals surface area contributed by atoms with Gasteiger partial charge >= 0.3 is 0 Å². The summed E-state index contributed by atoms with van der Waals surface area (Å²) in [6, 6.07) is 8.15. The monoisotopic (exact) mass is 242 g/mol. The summed E-state index contributed by atoms with van der Waals surface area (Å²) in [4.78, 5) is 10.4. The molecule has 0 radical (unpaired) electrons. The summed E-state index contributed by atoms with van der Waals surface area (Å²) < 4.78 is 0. The molecular weight excluding hydrogens is 224 g/mol. The highest BCUT2D eigenvalue weighted by Gasteiger charge is 2.06. The third kappa shape index (κ3) is 3.91. The van der Waals surface area contributed by atoms with E-state index in [0.717, 1.165) is 19.6 Å². The van der Waals surface area contributed by atoms with Crippen LogP contribution in [-0.4, -0.2) is 28.0 Å². The van der Waals surface area contributed by atoms with Gasteiger partial charge in [0.1, 0.15) is 0 Å². The predicted molar refractivity (Wildman–Crippen MR) is 71.6 cm³/mol. The van der Waals surface area contributed by atoms with Gasteiger partial charge in [-0.3, -0.25) is 14.9 Å². The quantitative estimate of drug-likeness (QED) is 0.832. The highest BCUT2D eigenvalue weighted by Crippen LogP contribution is 2.08. The maximum Gasteiger partial charge on any atom is 0.0271 e. The second-order valence-electron chi connectivity index (χ2n) is 4.21. The van der Waals surface area contributed by atoms with Gasteiger partial charge in [0.2, 0.25) is 0 Å². The van der Waals surface area contributed by atoms with E-state index in [4.69, 9.17) is 5.73 Å². The number of hydrogen-bond acceptors (Lipinski definition) is 4. The summed E-state index contributed by atoms with van der Waals surface area (Å²) in [5, 5.41) is 0. The van der Waals surface area contributed by atoms with Gasteiger partial charge in [-0.25, -0.2) is 0 Å². The first-order chi connectivity index (χ1) is 8.88. The third-order valence-electron chi connectivity index (χ3n) is 2.76. The fraction of sp³-hybridized carbons (Fsp3) is 0.286. The average molecular weight is 242 g/mol. The van der Waals surface area contributed by atoms with Crippen molar-refractivity contribution in [3.8, 4) is 0 Å². The highest BCUT2D eigenvalue weighted by molar-refractivity contribution is 5.12. The topological polar surface area (TPSA) is 55.0 Å². The molecule has 2 rings (SSSR count). The minimum Gasteiger partial charge on any atom is -0.329 e. The molecule has 4 heteroatoms. The van der Waals surface area contributed by atoms with Crippen LogP contribution in [0.2, 0.25) is 0 Å². The van der Waals surface area contributed by atoms with Crippen LogP contribution in [0.15, 0.2) is 49.1 Å². The Bertz CT molecular complexity index is 402. The summed E-state index contributed by atoms with van der Waals surface area (Å²) in [6.07, 6.45) is 7.29. The average Bonchev–Trinajstić information content (AvgIpc) is 2.41. The highest BCUT2D eigenvalue weighted by atomic mass is 15.1. The fourth-order valence-electron chi connectivity index (χ4n) is 1.89. The third-order valence-corrected chi connectivity index (χ3v) is 2.76. The first kappa shape index (κ1) is 12.7. The lowest BCUT2D eigenvalue weighted by Gasteiger charge is -2.21. The van der Waals surface area contributed by atoms with E-state index < -0.39 is 0 Å². The number of nitrogens with zero attached hydrogens (tertiary/aromatic N) is 3. The number of nitrogens with two attached hydrogens (primary N) is 1. The maximum atomic E-state index is 5.67. The van der Waals surface area contributed by atoms with Gasteiger partial charge in [0.15, 0.2) is 0 Å². The number of rotatable bonds is 6. The molecule has 0 aromatic carbocycles. The normalized spacial score (nSPS) is 10.8. The van der Waals surface area contributed by atoms with E-state index in [1.807, 2.05) is 49.1 Å². The molecule has 94 valence electrons. The van der Waals surface area contributed by atoms with Crippen LogP contribution in [0.5, 0.6) is 0 Å². The van der Waals surface area contributed by atoms with E-state index >= 15 is 0 Å². The van der Waals surface area contributed by atoms with Gasteiger partial charge in [-0.1, -0.05) is 0 Å². The van der Waals surface area contributed by atoms with Crippen LogP contribution in [0.25, 0.3) is 0 Å². The van der Waals surface area contributed by atoms with Crippen molar-refractivity contribution in [1.82, 2.24) is 14.9 Å². The molecule has 0 bridgehead atoms. The van der Waals surface area contributed by atoms with E-state index in [1.165, 1.54) is 11.1 Å². The molecule has 0 aliphatic carbocycles. The molecule has 0 saturated carbocycles. The first-order valence-electron chi connectivity index (χ1n) is 6.08. The van der Waals surface area contributed by atoms with Gasteiger partial charge in [-0.05, 0) is 35.4 Å². The molecule has 0 spiro atoms. The van der Waals surface area contributed by atoms with Crippen LogP contribution in [0.1, 0.15) is 11.1 Å². The minimum atomic E-state index is 0.663. The van der Waals surface area contributed by atoms with Gasteiger partial charge < -0.3 is 5.73 Å². The molecule has 0 aliphatic rings. The van der Waals surface area contributed by atoms with Gasteiger partial charge in [0.25, 0.3) is 0 Å². The van der Waals surface area contributed by atoms with Crippen LogP contribution >= 0.6 is 0 Å². The van der Waals surface area contributed by atoms with E-state index in [-0.39, 0.29) is 0 Å². The summed E-state index contributed by atoms with van der Waals surface area (Å²) in [7, 11) is 0. The van der Waals surface area contributed by atoms with Crippen molar-refractivity contribution in [3.05, 3.63) is 60.2 Å². The molecular formula is C14H18N4. The molecule has 0 fully saturated rings. The van der Waals surface area contributed by atoms with E-state index in [9.17, 15) is 0 Å². The van der Waals surface area contributed by atoms with Gasteiger partial charge in [-0.15, -0.1) is 0 Å². The Hall–Kier alpha value is -1.78. The molecule has 2 heterocycles. The van der Waals surface area contributed by atoms with Gasteiger partial charge in [0, 0.05) is 51.0 Å². The molecule has 18 heavy (non-hydrogen) atoms. The molecule has 2 N–H and O–H groups in total. The Balaban J connectivity index is 2.00. The van der Waals surface area contributed by atoms with E-state index in [2.05, 4.69) is 14.9 Å². The largest absolute Gasteiger partial charge is 0.329 e. The second kappa shape index (κ2) is 6.83. The maximum absolute atomic E-state index is 5.67. The fourth-order valence-corrected chi connectivity index (χ4v) is 1.89. The Kier molecular flexibility index (Phi) is 4.81. The van der Waals surface area contributed by atoms with Crippen molar-refractivity contribution < 1.29 is 0 Å². The van der Waals surface area contributed by atoms with Gasteiger partial charge in [0.05, 0.1) is 0 Å². The Morgan fingerprint density at radius 1 is 0.833 bits per heavy atom. The molecule has 0 aliphatic heterocycles. The SMILES string of the molecule is NCCN(Cc1ccncc1)Cc1ccncc1. The van der Waals surface area contributed by atoms with Crippen LogP contribution in [0.4, 0.5) is 0 Å². The van der Waals surface area contributed by atoms with Crippen molar-refractivity contribution in [2.45, 2.75) is 13.1 Å². The van der Waals surface area contributed by atoms with Crippen molar-refractivity contribution in [1.29, 1.82) is 0 Å². The van der Waals surface area contributed by atoms with Crippen molar-refractivity contribution in [2.24, 2.45) is 5.73 Å². The number of hydrogen-bond donors (Lipinski definition) is 1. The minimum absolute atomic E-state index is 0.663. The Morgan fingerprint density at radius 3 is 1.67 bits per heavy atom. The van der Waals surface area contributed by atoms with Crippen molar-refractivity contribution in [3.63, 3.8) is 0 Å². The lowest BCUT2D eigenvalue weighted by Crippen LogP contribution is -2.28. The summed E-state index contributed by atoms with van der Waals surface area (Å²) >= 11 is 0. The predicted octanol–water partition coefficient (Wildman–Crippen LogP) is 1.44. The lowest BCUT2D eigenvalue weighted by molar-refractivity contribution is 0.264. The Labute approximate surface area is 107 Å². The molecule has 4 nitrogen and oxygen atoms in total. The van der Waals surface area contributed by atoms with Crippen LogP contribution in [0, 0.1) is 0 Å². The summed E-state index contributed by atoms with van der Waals surface area (Å²) in [5.41, 5.74) is 8.18. The summed E-state index contributed by atoms with van der Waals surface area (Å²) in [6.45, 7) is 3.32. The molecule has 2 aromatic rings. The van der Waals surface area contributed by atoms with Crippen molar-refractivity contribution in [2.75, 3.05) is 13.1 Å². The Morgan fingerprint density at radius 2 is 1.28 bits per heavy atom.